The summed E-state index contributed by atoms with van der Waals surface area (Å²) in [5, 5.41) is 10.9. The summed E-state index contributed by atoms with van der Waals surface area (Å²) in [5.74, 6) is 1.24. The zero-order chi connectivity index (χ0) is 20.9. The Balaban J connectivity index is 1.68. The number of nitrogens with zero attached hydrogens (tertiary/aromatic N) is 1. The molecule has 0 saturated carbocycles. The average molecular weight is 409 g/mol. The number of rotatable bonds is 6. The van der Waals surface area contributed by atoms with Crippen molar-refractivity contribution in [1.29, 1.82) is 0 Å². The predicted molar refractivity (Wildman–Crippen MR) is 116 cm³/mol. The van der Waals surface area contributed by atoms with E-state index in [0.29, 0.717) is 41.2 Å². The van der Waals surface area contributed by atoms with Crippen LogP contribution in [0.3, 0.4) is 0 Å². The third-order valence-electron chi connectivity index (χ3n) is 5.44. The first-order valence-corrected chi connectivity index (χ1v) is 10.6. The van der Waals surface area contributed by atoms with E-state index in [0.717, 1.165) is 25.9 Å². The van der Waals surface area contributed by atoms with Crippen LogP contribution in [-0.2, 0) is 6.54 Å². The van der Waals surface area contributed by atoms with Crippen LogP contribution in [0.25, 0.3) is 11.0 Å². The fourth-order valence-corrected chi connectivity index (χ4v) is 3.90. The third-order valence-corrected chi connectivity index (χ3v) is 5.44. The number of likely N-dealkylation sites (tertiary alicyclic amines) is 1. The number of ether oxygens (including phenoxy) is 2. The maximum atomic E-state index is 13.1. The second kappa shape index (κ2) is 9.22. The first-order chi connectivity index (χ1) is 14.7. The largest absolute Gasteiger partial charge is 0.507 e. The second-order valence-electron chi connectivity index (χ2n) is 7.54. The van der Waals surface area contributed by atoms with Crippen LogP contribution in [0, 0.1) is 0 Å². The third kappa shape index (κ3) is 4.28. The highest BCUT2D eigenvalue weighted by Crippen LogP contribution is 2.33. The zero-order valence-electron chi connectivity index (χ0n) is 17.2. The maximum Gasteiger partial charge on any atom is 0.235 e. The Morgan fingerprint density at radius 2 is 1.73 bits per heavy atom. The van der Waals surface area contributed by atoms with Gasteiger partial charge in [0.1, 0.15) is 17.6 Å². The fourth-order valence-electron chi connectivity index (χ4n) is 3.90. The Morgan fingerprint density at radius 1 is 1.00 bits per heavy atom. The molecule has 0 unspecified atom stereocenters. The van der Waals surface area contributed by atoms with Gasteiger partial charge in [-0.05, 0) is 57.1 Å². The molecular weight excluding hydrogens is 382 g/mol. The molecular formula is C24H27NO5. The topological polar surface area (TPSA) is 72.1 Å². The highest BCUT2D eigenvalue weighted by molar-refractivity contribution is 5.83. The minimum absolute atomic E-state index is 0.0843. The van der Waals surface area contributed by atoms with Crippen LogP contribution in [-0.4, -0.2) is 29.7 Å². The molecule has 3 aromatic rings. The quantitative estimate of drug-likeness (QED) is 0.613. The molecule has 0 spiro atoms. The summed E-state index contributed by atoms with van der Waals surface area (Å²) in [7, 11) is 0. The monoisotopic (exact) mass is 409 g/mol. The normalized spacial score (nSPS) is 15.1. The summed E-state index contributed by atoms with van der Waals surface area (Å²) in [6.07, 6.45) is 6.08. The summed E-state index contributed by atoms with van der Waals surface area (Å²) in [5.41, 5.74) is 0.780. The van der Waals surface area contributed by atoms with E-state index in [1.807, 2.05) is 19.1 Å². The van der Waals surface area contributed by atoms with Crippen molar-refractivity contribution in [3.8, 4) is 23.0 Å². The van der Waals surface area contributed by atoms with Gasteiger partial charge in [-0.3, -0.25) is 9.69 Å². The highest BCUT2D eigenvalue weighted by Gasteiger charge is 2.19. The number of aromatic hydroxyl groups is 1. The molecule has 1 N–H and O–H groups in total. The van der Waals surface area contributed by atoms with Crippen molar-refractivity contribution >= 4 is 11.0 Å². The van der Waals surface area contributed by atoms with Gasteiger partial charge in [0, 0.05) is 6.54 Å². The summed E-state index contributed by atoms with van der Waals surface area (Å²) >= 11 is 0. The second-order valence-corrected chi connectivity index (χ2v) is 7.54. The highest BCUT2D eigenvalue weighted by atomic mass is 16.5. The maximum absolute atomic E-state index is 13.1. The molecule has 4 rings (SSSR count). The lowest BCUT2D eigenvalue weighted by Crippen LogP contribution is -2.24. The van der Waals surface area contributed by atoms with E-state index in [1.54, 1.807) is 24.3 Å². The first kappa shape index (κ1) is 20.3. The first-order valence-electron chi connectivity index (χ1n) is 10.6. The molecule has 2 heterocycles. The standard InChI is InChI=1S/C24H27NO5/c1-2-28-20-9-5-6-10-21(20)30-22-16-29-24-17(23(22)27)11-12-19(26)18(24)15-25-13-7-3-4-8-14-25/h5-6,9-12,16,26H,2-4,7-8,13-15H2,1H3. The van der Waals surface area contributed by atoms with Crippen molar-refractivity contribution in [1.82, 2.24) is 4.90 Å². The molecule has 0 radical (unpaired) electrons. The van der Waals surface area contributed by atoms with E-state index in [1.165, 1.54) is 19.1 Å². The molecule has 0 amide bonds. The molecule has 0 bridgehead atoms. The molecule has 0 aliphatic carbocycles. The lowest BCUT2D eigenvalue weighted by Gasteiger charge is -2.21. The van der Waals surface area contributed by atoms with E-state index in [9.17, 15) is 9.90 Å². The number of hydrogen-bond acceptors (Lipinski definition) is 6. The van der Waals surface area contributed by atoms with Crippen molar-refractivity contribution in [3.05, 3.63) is 58.4 Å². The van der Waals surface area contributed by atoms with E-state index in [-0.39, 0.29) is 16.9 Å². The van der Waals surface area contributed by atoms with Gasteiger partial charge < -0.3 is 19.0 Å². The van der Waals surface area contributed by atoms with Crippen LogP contribution in [0.15, 0.2) is 51.9 Å². The van der Waals surface area contributed by atoms with Gasteiger partial charge in [0.15, 0.2) is 11.5 Å². The molecule has 1 fully saturated rings. The number of phenolic OH excluding ortho intramolecular Hbond substituents is 1. The van der Waals surface area contributed by atoms with Crippen LogP contribution < -0.4 is 14.9 Å². The number of hydrogen-bond donors (Lipinski definition) is 1. The van der Waals surface area contributed by atoms with Crippen molar-refractivity contribution in [2.75, 3.05) is 19.7 Å². The number of fused-ring (bicyclic) bond motifs is 1. The molecule has 158 valence electrons. The van der Waals surface area contributed by atoms with E-state index in [2.05, 4.69) is 4.90 Å². The van der Waals surface area contributed by atoms with E-state index < -0.39 is 0 Å². The Hall–Kier alpha value is -2.99. The summed E-state index contributed by atoms with van der Waals surface area (Å²) in [6, 6.07) is 10.3. The van der Waals surface area contributed by atoms with Crippen molar-refractivity contribution < 1.29 is 19.0 Å². The Labute approximate surface area is 175 Å². The summed E-state index contributed by atoms with van der Waals surface area (Å²) in [6.45, 7) is 4.90. The Bertz CT molecular complexity index is 1070. The van der Waals surface area contributed by atoms with Crippen molar-refractivity contribution in [2.45, 2.75) is 39.2 Å². The minimum Gasteiger partial charge on any atom is -0.507 e. The Kier molecular flexibility index (Phi) is 6.23. The lowest BCUT2D eigenvalue weighted by molar-refractivity contribution is 0.272. The van der Waals surface area contributed by atoms with Crippen LogP contribution in [0.5, 0.6) is 23.0 Å². The SMILES string of the molecule is CCOc1ccccc1Oc1coc2c(CN3CCCCCC3)c(O)ccc2c1=O. The van der Waals surface area contributed by atoms with Crippen LogP contribution in [0.1, 0.15) is 38.2 Å². The van der Waals surface area contributed by atoms with Gasteiger partial charge in [-0.25, -0.2) is 0 Å². The van der Waals surface area contributed by atoms with Crippen LogP contribution in [0.2, 0.25) is 0 Å². The molecule has 30 heavy (non-hydrogen) atoms. The Morgan fingerprint density at radius 3 is 2.47 bits per heavy atom. The van der Waals surface area contributed by atoms with E-state index in [4.69, 9.17) is 13.9 Å². The molecule has 6 nitrogen and oxygen atoms in total. The average Bonchev–Trinajstić information content (AvgIpc) is 3.02. The number of phenols is 1. The summed E-state index contributed by atoms with van der Waals surface area (Å²) in [4.78, 5) is 15.4. The molecule has 1 aromatic heterocycles. The number of para-hydroxylation sites is 2. The van der Waals surface area contributed by atoms with Gasteiger partial charge in [0.05, 0.1) is 17.6 Å². The van der Waals surface area contributed by atoms with Crippen LogP contribution >= 0.6 is 0 Å². The molecule has 0 atom stereocenters. The van der Waals surface area contributed by atoms with Gasteiger partial charge in [0.2, 0.25) is 11.2 Å². The predicted octanol–water partition coefficient (Wildman–Crippen LogP) is 5.07. The number of benzene rings is 2. The summed E-state index contributed by atoms with van der Waals surface area (Å²) < 4.78 is 17.2. The van der Waals surface area contributed by atoms with Crippen molar-refractivity contribution in [3.63, 3.8) is 0 Å². The minimum atomic E-state index is -0.278. The van der Waals surface area contributed by atoms with E-state index >= 15 is 0 Å². The molecule has 1 aliphatic rings. The zero-order valence-corrected chi connectivity index (χ0v) is 17.2. The van der Waals surface area contributed by atoms with Gasteiger partial charge >= 0.3 is 0 Å². The molecule has 1 aliphatic heterocycles. The molecule has 6 heteroatoms. The molecule has 1 saturated heterocycles. The van der Waals surface area contributed by atoms with Gasteiger partial charge in [0.25, 0.3) is 0 Å². The van der Waals surface area contributed by atoms with Gasteiger partial charge in [-0.15, -0.1) is 0 Å². The lowest BCUT2D eigenvalue weighted by atomic mass is 10.1. The fraction of sp³-hybridized carbons (Fsp3) is 0.375. The smallest absolute Gasteiger partial charge is 0.235 e. The molecule has 2 aromatic carbocycles. The van der Waals surface area contributed by atoms with Crippen molar-refractivity contribution in [2.24, 2.45) is 0 Å². The van der Waals surface area contributed by atoms with Gasteiger partial charge in [-0.1, -0.05) is 25.0 Å². The van der Waals surface area contributed by atoms with Gasteiger partial charge in [-0.2, -0.15) is 0 Å². The van der Waals surface area contributed by atoms with Crippen LogP contribution in [0.4, 0.5) is 0 Å².